The van der Waals surface area contributed by atoms with Crippen molar-refractivity contribution in [1.29, 1.82) is 0 Å². The highest BCUT2D eigenvalue weighted by atomic mass is 79.9. The van der Waals surface area contributed by atoms with E-state index in [-0.39, 0.29) is 11.8 Å². The smallest absolute Gasteiger partial charge is 0.234 e. The molecule has 3 atom stereocenters. The summed E-state index contributed by atoms with van der Waals surface area (Å²) in [7, 11) is 0. The fraction of sp³-hybridized carbons (Fsp3) is 0.500. The number of benzene rings is 1. The first-order chi connectivity index (χ1) is 8.95. The van der Waals surface area contributed by atoms with E-state index in [1.165, 1.54) is 0 Å². The Kier molecular flexibility index (Phi) is 6.48. The van der Waals surface area contributed by atoms with Gasteiger partial charge in [0.05, 0.1) is 12.1 Å². The molecule has 1 aromatic rings. The Balaban J connectivity index is 2.61. The van der Waals surface area contributed by atoms with Crippen LogP contribution in [-0.4, -0.2) is 23.6 Å². The predicted octanol–water partition coefficient (Wildman–Crippen LogP) is 1.97. The molecule has 0 aromatic heterocycles. The molecule has 0 fully saturated rings. The zero-order chi connectivity index (χ0) is 14.4. The van der Waals surface area contributed by atoms with Gasteiger partial charge in [-0.1, -0.05) is 48.3 Å². The van der Waals surface area contributed by atoms with Crippen molar-refractivity contribution in [2.45, 2.75) is 32.4 Å². The van der Waals surface area contributed by atoms with Crippen LogP contribution in [0.15, 0.2) is 28.7 Å². The lowest BCUT2D eigenvalue weighted by molar-refractivity contribution is -0.121. The third-order valence-electron chi connectivity index (χ3n) is 3.28. The van der Waals surface area contributed by atoms with E-state index in [0.29, 0.717) is 6.54 Å². The van der Waals surface area contributed by atoms with Crippen molar-refractivity contribution in [3.63, 3.8) is 0 Å². The Labute approximate surface area is 122 Å². The number of rotatable bonds is 7. The van der Waals surface area contributed by atoms with Crippen molar-refractivity contribution in [2.24, 2.45) is 11.7 Å². The molecule has 0 saturated heterocycles. The Bertz CT molecular complexity index is 426. The molecule has 106 valence electrons. The van der Waals surface area contributed by atoms with E-state index in [2.05, 4.69) is 21.2 Å². The van der Waals surface area contributed by atoms with Crippen LogP contribution in [0.25, 0.3) is 0 Å². The SMILES string of the molecule is CCC(C)C(NCC(O)c1cccc(Br)c1)C(N)=O. The molecule has 1 aromatic carbocycles. The third kappa shape index (κ3) is 4.93. The van der Waals surface area contributed by atoms with Crippen molar-refractivity contribution in [3.05, 3.63) is 34.3 Å². The lowest BCUT2D eigenvalue weighted by atomic mass is 9.98. The highest BCUT2D eigenvalue weighted by Gasteiger charge is 2.22. The summed E-state index contributed by atoms with van der Waals surface area (Å²) in [5.74, 6) is -0.233. The number of nitrogens with two attached hydrogens (primary N) is 1. The maximum atomic E-state index is 11.4. The van der Waals surface area contributed by atoms with Crippen molar-refractivity contribution in [2.75, 3.05) is 6.54 Å². The highest BCUT2D eigenvalue weighted by Crippen LogP contribution is 2.18. The summed E-state index contributed by atoms with van der Waals surface area (Å²) >= 11 is 3.36. The molecular weight excluding hydrogens is 308 g/mol. The quantitative estimate of drug-likeness (QED) is 0.716. The van der Waals surface area contributed by atoms with Crippen LogP contribution in [0.4, 0.5) is 0 Å². The molecule has 0 heterocycles. The minimum Gasteiger partial charge on any atom is -0.387 e. The third-order valence-corrected chi connectivity index (χ3v) is 3.78. The Morgan fingerprint density at radius 1 is 1.53 bits per heavy atom. The molecule has 1 amide bonds. The van der Waals surface area contributed by atoms with Crippen LogP contribution in [0.3, 0.4) is 0 Å². The fourth-order valence-corrected chi connectivity index (χ4v) is 2.31. The summed E-state index contributed by atoms with van der Waals surface area (Å²) in [6.07, 6.45) is 0.191. The summed E-state index contributed by atoms with van der Waals surface area (Å²) in [5, 5.41) is 13.1. The first-order valence-corrected chi connectivity index (χ1v) is 7.21. The van der Waals surface area contributed by atoms with E-state index in [1.807, 2.05) is 38.1 Å². The van der Waals surface area contributed by atoms with E-state index in [1.54, 1.807) is 0 Å². The number of hydrogen-bond acceptors (Lipinski definition) is 3. The van der Waals surface area contributed by atoms with Gasteiger partial charge in [-0.25, -0.2) is 0 Å². The van der Waals surface area contributed by atoms with Gasteiger partial charge in [-0.3, -0.25) is 4.79 Å². The topological polar surface area (TPSA) is 75.3 Å². The van der Waals surface area contributed by atoms with Crippen LogP contribution in [-0.2, 0) is 4.79 Å². The van der Waals surface area contributed by atoms with Gasteiger partial charge >= 0.3 is 0 Å². The first-order valence-electron chi connectivity index (χ1n) is 6.42. The molecule has 0 aliphatic carbocycles. The normalized spacial score (nSPS) is 15.8. The molecule has 0 aliphatic rings. The van der Waals surface area contributed by atoms with Gasteiger partial charge in [0.15, 0.2) is 0 Å². The average Bonchev–Trinajstić information content (AvgIpc) is 2.37. The number of carbonyl (C=O) groups is 1. The summed E-state index contributed by atoms with van der Waals surface area (Å²) in [5.41, 5.74) is 6.17. The largest absolute Gasteiger partial charge is 0.387 e. The Morgan fingerprint density at radius 2 is 2.21 bits per heavy atom. The fourth-order valence-electron chi connectivity index (χ4n) is 1.89. The molecule has 0 aliphatic heterocycles. The lowest BCUT2D eigenvalue weighted by Crippen LogP contribution is -2.47. The van der Waals surface area contributed by atoms with Gasteiger partial charge in [0.25, 0.3) is 0 Å². The van der Waals surface area contributed by atoms with Crippen LogP contribution in [0.1, 0.15) is 31.9 Å². The minimum absolute atomic E-state index is 0.146. The van der Waals surface area contributed by atoms with Gasteiger partial charge in [-0.2, -0.15) is 0 Å². The highest BCUT2D eigenvalue weighted by molar-refractivity contribution is 9.10. The summed E-state index contributed by atoms with van der Waals surface area (Å²) in [6, 6.07) is 7.05. The number of nitrogens with one attached hydrogen (secondary N) is 1. The van der Waals surface area contributed by atoms with E-state index in [0.717, 1.165) is 16.5 Å². The van der Waals surface area contributed by atoms with Crippen LogP contribution >= 0.6 is 15.9 Å². The lowest BCUT2D eigenvalue weighted by Gasteiger charge is -2.23. The second-order valence-corrected chi connectivity index (χ2v) is 5.66. The molecule has 3 unspecified atom stereocenters. The second-order valence-electron chi connectivity index (χ2n) is 4.74. The molecule has 0 saturated carbocycles. The monoisotopic (exact) mass is 328 g/mol. The van der Waals surface area contributed by atoms with Crippen molar-refractivity contribution in [3.8, 4) is 0 Å². The molecule has 0 spiro atoms. The van der Waals surface area contributed by atoms with Crippen molar-refractivity contribution < 1.29 is 9.90 Å². The zero-order valence-corrected chi connectivity index (χ0v) is 12.9. The summed E-state index contributed by atoms with van der Waals surface area (Å²) in [4.78, 5) is 11.4. The first kappa shape index (κ1) is 16.1. The Hall–Kier alpha value is -0.910. The summed E-state index contributed by atoms with van der Waals surface area (Å²) < 4.78 is 0.914. The zero-order valence-electron chi connectivity index (χ0n) is 11.3. The number of amides is 1. The molecule has 4 nitrogen and oxygen atoms in total. The van der Waals surface area contributed by atoms with E-state index in [9.17, 15) is 9.90 Å². The van der Waals surface area contributed by atoms with E-state index in [4.69, 9.17) is 5.73 Å². The molecule has 0 bridgehead atoms. The Morgan fingerprint density at radius 3 is 2.74 bits per heavy atom. The van der Waals surface area contributed by atoms with Gasteiger partial charge < -0.3 is 16.2 Å². The summed E-state index contributed by atoms with van der Waals surface area (Å²) in [6.45, 7) is 4.27. The molecule has 0 radical (unpaired) electrons. The van der Waals surface area contributed by atoms with Crippen LogP contribution in [0.5, 0.6) is 0 Å². The molecule has 5 heteroatoms. The molecular formula is C14H21BrN2O2. The van der Waals surface area contributed by atoms with Gasteiger partial charge in [0.2, 0.25) is 5.91 Å². The van der Waals surface area contributed by atoms with Gasteiger partial charge in [0, 0.05) is 11.0 Å². The standard InChI is InChI=1S/C14H21BrN2O2/c1-3-9(2)13(14(16)19)17-8-12(18)10-5-4-6-11(15)7-10/h4-7,9,12-13,17-18H,3,8H2,1-2H3,(H2,16,19). The number of hydrogen-bond donors (Lipinski definition) is 3. The number of halogens is 1. The van der Waals surface area contributed by atoms with E-state index < -0.39 is 12.1 Å². The second kappa shape index (κ2) is 7.62. The number of primary amides is 1. The van der Waals surface area contributed by atoms with Crippen LogP contribution in [0, 0.1) is 5.92 Å². The number of carbonyl (C=O) groups excluding carboxylic acids is 1. The minimum atomic E-state index is -0.664. The van der Waals surface area contributed by atoms with Crippen LogP contribution in [0.2, 0.25) is 0 Å². The number of aliphatic hydroxyl groups is 1. The van der Waals surface area contributed by atoms with Crippen molar-refractivity contribution >= 4 is 21.8 Å². The van der Waals surface area contributed by atoms with Crippen LogP contribution < -0.4 is 11.1 Å². The van der Waals surface area contributed by atoms with Crippen molar-refractivity contribution in [1.82, 2.24) is 5.32 Å². The average molecular weight is 329 g/mol. The molecule has 19 heavy (non-hydrogen) atoms. The molecule has 4 N–H and O–H groups in total. The maximum absolute atomic E-state index is 11.4. The maximum Gasteiger partial charge on any atom is 0.234 e. The molecule has 1 rings (SSSR count). The van der Waals surface area contributed by atoms with Gasteiger partial charge in [-0.15, -0.1) is 0 Å². The predicted molar refractivity (Wildman–Crippen MR) is 79.5 cm³/mol. The van der Waals surface area contributed by atoms with Gasteiger partial charge in [0.1, 0.15) is 0 Å². The number of aliphatic hydroxyl groups excluding tert-OH is 1. The van der Waals surface area contributed by atoms with E-state index >= 15 is 0 Å². The van der Waals surface area contributed by atoms with Gasteiger partial charge in [-0.05, 0) is 23.6 Å².